The Morgan fingerprint density at radius 1 is 1.09 bits per heavy atom. The van der Waals surface area contributed by atoms with Crippen molar-refractivity contribution >= 4 is 46.5 Å². The maximum Gasteiger partial charge on any atom is 0.255 e. The van der Waals surface area contributed by atoms with Gasteiger partial charge in [-0.1, -0.05) is 35.9 Å². The molecule has 10 heteroatoms. The second kappa shape index (κ2) is 10.2. The minimum Gasteiger partial charge on any atom is -0.354 e. The summed E-state index contributed by atoms with van der Waals surface area (Å²) in [6.45, 7) is 1.48. The number of piperidine rings is 1. The second-order valence-electron chi connectivity index (χ2n) is 8.52. The first-order chi connectivity index (χ1) is 16.4. The molecule has 0 atom stereocenters. The molecule has 0 spiro atoms. The molecule has 1 amide bonds. The van der Waals surface area contributed by atoms with Gasteiger partial charge in [0.1, 0.15) is 11.5 Å². The third-order valence-electron chi connectivity index (χ3n) is 6.52. The first-order valence-corrected chi connectivity index (χ1v) is 11.5. The quantitative estimate of drug-likeness (QED) is 0.384. The van der Waals surface area contributed by atoms with Gasteiger partial charge in [-0.05, 0) is 37.1 Å². The molecule has 4 aromatic rings. The Labute approximate surface area is 213 Å². The maximum atomic E-state index is 13.4. The minimum absolute atomic E-state index is 0. The Bertz CT molecular complexity index is 1370. The Balaban J connectivity index is 0.00000289. The van der Waals surface area contributed by atoms with E-state index in [1.165, 1.54) is 18.2 Å². The van der Waals surface area contributed by atoms with Crippen molar-refractivity contribution in [2.45, 2.75) is 18.9 Å². The lowest BCUT2D eigenvalue weighted by Crippen LogP contribution is -2.46. The van der Waals surface area contributed by atoms with Gasteiger partial charge in [-0.3, -0.25) is 9.48 Å². The molecule has 5 rings (SSSR count). The van der Waals surface area contributed by atoms with Crippen LogP contribution >= 0.6 is 24.0 Å². The van der Waals surface area contributed by atoms with Crippen LogP contribution in [0.5, 0.6) is 0 Å². The third-order valence-corrected chi connectivity index (χ3v) is 6.84. The molecule has 0 bridgehead atoms. The highest BCUT2D eigenvalue weighted by Gasteiger charge is 2.28. The van der Waals surface area contributed by atoms with Crippen molar-refractivity contribution in [3.8, 4) is 11.4 Å². The van der Waals surface area contributed by atoms with Crippen molar-refractivity contribution in [2.75, 3.05) is 25.0 Å². The molecule has 1 fully saturated rings. The van der Waals surface area contributed by atoms with E-state index >= 15 is 0 Å². The number of rotatable bonds is 4. The summed E-state index contributed by atoms with van der Waals surface area (Å²) in [4.78, 5) is 16.9. The van der Waals surface area contributed by atoms with Crippen LogP contribution in [0.2, 0.25) is 5.02 Å². The molecule has 0 radical (unpaired) electrons. The molecule has 1 saturated heterocycles. The zero-order chi connectivity index (χ0) is 23.8. The Morgan fingerprint density at radius 3 is 2.46 bits per heavy atom. The summed E-state index contributed by atoms with van der Waals surface area (Å²) in [5.41, 5.74) is 2.03. The zero-order valence-corrected chi connectivity index (χ0v) is 20.9. The molecule has 2 aromatic heterocycles. The van der Waals surface area contributed by atoms with Crippen molar-refractivity contribution in [2.24, 2.45) is 7.05 Å². The van der Waals surface area contributed by atoms with Crippen LogP contribution in [0.4, 0.5) is 10.2 Å². The molecular weight excluding hydrogens is 490 g/mol. The van der Waals surface area contributed by atoms with Crippen LogP contribution < -0.4 is 4.90 Å². The van der Waals surface area contributed by atoms with E-state index in [4.69, 9.17) is 11.6 Å². The first kappa shape index (κ1) is 24.9. The van der Waals surface area contributed by atoms with E-state index in [1.54, 1.807) is 22.8 Å². The summed E-state index contributed by atoms with van der Waals surface area (Å²) in [5.74, 6) is 0.185. The van der Waals surface area contributed by atoms with Crippen molar-refractivity contribution in [1.82, 2.24) is 24.9 Å². The monoisotopic (exact) mass is 514 g/mol. The Hall–Kier alpha value is -3.23. The van der Waals surface area contributed by atoms with Gasteiger partial charge < -0.3 is 9.80 Å². The fourth-order valence-electron chi connectivity index (χ4n) is 4.60. The lowest BCUT2D eigenvalue weighted by Gasteiger charge is -2.37. The van der Waals surface area contributed by atoms with Crippen LogP contribution in [0, 0.1) is 5.82 Å². The van der Waals surface area contributed by atoms with Crippen molar-refractivity contribution in [3.63, 3.8) is 0 Å². The number of hydrogen-bond donors (Lipinski definition) is 0. The van der Waals surface area contributed by atoms with Gasteiger partial charge in [0, 0.05) is 50.2 Å². The van der Waals surface area contributed by atoms with E-state index in [-0.39, 0.29) is 29.4 Å². The molecule has 0 aliphatic carbocycles. The number of carbonyl (C=O) groups excluding carboxylic acids is 1. The minimum atomic E-state index is -0.458. The molecule has 0 saturated carbocycles. The molecule has 35 heavy (non-hydrogen) atoms. The fourth-order valence-corrected chi connectivity index (χ4v) is 4.85. The topological polar surface area (TPSA) is 67.2 Å². The molecule has 1 aliphatic heterocycles. The van der Waals surface area contributed by atoms with E-state index in [2.05, 4.69) is 32.3 Å². The number of hydrogen-bond acceptors (Lipinski definition) is 5. The van der Waals surface area contributed by atoms with Crippen LogP contribution in [0.25, 0.3) is 22.2 Å². The summed E-state index contributed by atoms with van der Waals surface area (Å²) in [6, 6.07) is 14.0. The van der Waals surface area contributed by atoms with Crippen LogP contribution in [0.3, 0.4) is 0 Å². The average molecular weight is 515 g/mol. The Kier molecular flexibility index (Phi) is 7.23. The molecule has 182 valence electrons. The highest BCUT2D eigenvalue weighted by molar-refractivity contribution is 6.33. The van der Waals surface area contributed by atoms with Crippen LogP contribution in [-0.2, 0) is 7.05 Å². The lowest BCUT2D eigenvalue weighted by atomic mass is 10.0. The van der Waals surface area contributed by atoms with Gasteiger partial charge in [0.2, 0.25) is 0 Å². The summed E-state index contributed by atoms with van der Waals surface area (Å²) < 4.78 is 15.2. The molecule has 3 heterocycles. The van der Waals surface area contributed by atoms with Gasteiger partial charge in [0.25, 0.3) is 5.91 Å². The number of aromatic nitrogens is 4. The molecule has 0 N–H and O–H groups in total. The number of aryl methyl sites for hydroxylation is 1. The highest BCUT2D eigenvalue weighted by Crippen LogP contribution is 2.33. The largest absolute Gasteiger partial charge is 0.354 e. The van der Waals surface area contributed by atoms with Gasteiger partial charge in [0.05, 0.1) is 16.3 Å². The highest BCUT2D eigenvalue weighted by atomic mass is 35.5. The molecular formula is C25H25Cl2FN6O. The second-order valence-corrected chi connectivity index (χ2v) is 8.92. The van der Waals surface area contributed by atoms with Crippen molar-refractivity contribution < 1.29 is 9.18 Å². The molecule has 0 unspecified atom stereocenters. The number of fused-ring (bicyclic) bond motifs is 1. The van der Waals surface area contributed by atoms with Gasteiger partial charge >= 0.3 is 0 Å². The standard InChI is InChI=1S/C25H24ClFN6O.ClH/c1-31(25(34)20-8-7-16(27)15-21(20)26)17-10-13-33(14-11-17)24-19-6-4-3-5-18(19)23(29-30-24)22-9-12-28-32(22)2;/h3-9,12,15,17H,10-11,13-14H2,1-2H3;1H. The number of carbonyl (C=O) groups is 1. The molecule has 2 aromatic carbocycles. The SMILES string of the molecule is CN(C(=O)c1ccc(F)cc1Cl)C1CCN(c2nnc(-c3ccnn3C)c3ccccc23)CC1.Cl. The van der Waals surface area contributed by atoms with Crippen LogP contribution in [0.15, 0.2) is 54.7 Å². The van der Waals surface area contributed by atoms with E-state index < -0.39 is 5.82 Å². The third kappa shape index (κ3) is 4.68. The predicted octanol–water partition coefficient (Wildman–Crippen LogP) is 4.99. The van der Waals surface area contributed by atoms with Gasteiger partial charge in [-0.25, -0.2) is 4.39 Å². The van der Waals surface area contributed by atoms with Crippen LogP contribution in [-0.4, -0.2) is 57.0 Å². The normalized spacial score (nSPS) is 14.1. The average Bonchev–Trinajstić information content (AvgIpc) is 3.28. The molecule has 7 nitrogen and oxygen atoms in total. The first-order valence-electron chi connectivity index (χ1n) is 11.1. The van der Waals surface area contributed by atoms with Crippen LogP contribution in [0.1, 0.15) is 23.2 Å². The van der Waals surface area contributed by atoms with Crippen molar-refractivity contribution in [3.05, 3.63) is 71.1 Å². The Morgan fingerprint density at radius 2 is 1.80 bits per heavy atom. The zero-order valence-electron chi connectivity index (χ0n) is 19.4. The van der Waals surface area contributed by atoms with Gasteiger partial charge in [-0.15, -0.1) is 22.6 Å². The van der Waals surface area contributed by atoms with Gasteiger partial charge in [0.15, 0.2) is 5.82 Å². The maximum absolute atomic E-state index is 13.4. The van der Waals surface area contributed by atoms with Crippen molar-refractivity contribution in [1.29, 1.82) is 0 Å². The van der Waals surface area contributed by atoms with E-state index in [0.29, 0.717) is 5.56 Å². The fraction of sp³-hybridized carbons (Fsp3) is 0.280. The summed E-state index contributed by atoms with van der Waals surface area (Å²) in [7, 11) is 3.67. The summed E-state index contributed by atoms with van der Waals surface area (Å²) in [6.07, 6.45) is 3.31. The number of halogens is 3. The van der Waals surface area contributed by atoms with E-state index in [0.717, 1.165) is 53.9 Å². The number of benzene rings is 2. The number of anilines is 1. The predicted molar refractivity (Wildman–Crippen MR) is 138 cm³/mol. The van der Waals surface area contributed by atoms with E-state index in [9.17, 15) is 9.18 Å². The smallest absolute Gasteiger partial charge is 0.255 e. The summed E-state index contributed by atoms with van der Waals surface area (Å²) in [5, 5.41) is 15.6. The number of amides is 1. The van der Waals surface area contributed by atoms with E-state index in [1.807, 2.05) is 25.2 Å². The number of nitrogens with zero attached hydrogens (tertiary/aromatic N) is 6. The lowest BCUT2D eigenvalue weighted by molar-refractivity contribution is 0.0709. The molecule has 1 aliphatic rings. The van der Waals surface area contributed by atoms with Gasteiger partial charge in [-0.2, -0.15) is 5.10 Å². The summed E-state index contributed by atoms with van der Waals surface area (Å²) >= 11 is 6.11.